The molecule has 0 radical (unpaired) electrons. The molecule has 3 rings (SSSR count). The van der Waals surface area contributed by atoms with Crippen LogP contribution in [0.25, 0.3) is 0 Å². The fourth-order valence-corrected chi connectivity index (χ4v) is 2.61. The number of nitrogens with one attached hydrogen (secondary N) is 1. The molecule has 132 valence electrons. The van der Waals surface area contributed by atoms with Gasteiger partial charge >= 0.3 is 0 Å². The van der Waals surface area contributed by atoms with Gasteiger partial charge in [0, 0.05) is 5.02 Å². The van der Waals surface area contributed by atoms with Crippen molar-refractivity contribution in [2.45, 2.75) is 20.8 Å². The Morgan fingerprint density at radius 2 is 1.69 bits per heavy atom. The monoisotopic (exact) mass is 364 g/mol. The quantitative estimate of drug-likeness (QED) is 0.414. The number of hydrogen-bond donors (Lipinski definition) is 1. The Morgan fingerprint density at radius 3 is 2.42 bits per heavy atom. The van der Waals surface area contributed by atoms with Gasteiger partial charge in [0.25, 0.3) is 0 Å². The van der Waals surface area contributed by atoms with Crippen molar-refractivity contribution in [3.8, 4) is 11.5 Å². The van der Waals surface area contributed by atoms with Crippen molar-refractivity contribution in [2.75, 3.05) is 5.43 Å². The highest BCUT2D eigenvalue weighted by Gasteiger charge is 2.03. The van der Waals surface area contributed by atoms with Crippen molar-refractivity contribution < 1.29 is 4.74 Å². The first-order valence-corrected chi connectivity index (χ1v) is 8.80. The first-order chi connectivity index (χ1) is 12.5. The van der Waals surface area contributed by atoms with E-state index in [1.807, 2.05) is 61.5 Å². The maximum Gasteiger partial charge on any atom is 0.130 e. The van der Waals surface area contributed by atoms with Crippen LogP contribution in [0.15, 0.2) is 65.8 Å². The molecule has 3 nitrogen and oxygen atoms in total. The predicted molar refractivity (Wildman–Crippen MR) is 110 cm³/mol. The van der Waals surface area contributed by atoms with Gasteiger partial charge in [-0.25, -0.2) is 0 Å². The number of nitrogens with zero attached hydrogens (tertiary/aromatic N) is 1. The van der Waals surface area contributed by atoms with Crippen LogP contribution in [-0.4, -0.2) is 6.21 Å². The zero-order chi connectivity index (χ0) is 18.5. The van der Waals surface area contributed by atoms with E-state index >= 15 is 0 Å². The summed E-state index contributed by atoms with van der Waals surface area (Å²) >= 11 is 6.11. The second-order valence-electron chi connectivity index (χ2n) is 6.20. The molecule has 0 saturated heterocycles. The Labute approximate surface area is 159 Å². The topological polar surface area (TPSA) is 33.6 Å². The molecule has 0 aliphatic rings. The van der Waals surface area contributed by atoms with E-state index in [4.69, 9.17) is 16.3 Å². The van der Waals surface area contributed by atoms with Crippen LogP contribution in [0.1, 0.15) is 22.3 Å². The minimum atomic E-state index is 0.721. The van der Waals surface area contributed by atoms with Gasteiger partial charge in [0.1, 0.15) is 11.5 Å². The molecule has 0 amide bonds. The molecule has 0 atom stereocenters. The highest BCUT2D eigenvalue weighted by Crippen LogP contribution is 2.26. The lowest BCUT2D eigenvalue weighted by Gasteiger charge is -2.10. The van der Waals surface area contributed by atoms with Gasteiger partial charge in [-0.1, -0.05) is 29.8 Å². The van der Waals surface area contributed by atoms with Gasteiger partial charge in [0.05, 0.1) is 11.9 Å². The number of aryl methyl sites for hydroxylation is 2. The minimum Gasteiger partial charge on any atom is -0.457 e. The van der Waals surface area contributed by atoms with E-state index in [9.17, 15) is 0 Å². The van der Waals surface area contributed by atoms with Crippen LogP contribution in [0.2, 0.25) is 5.02 Å². The third-order valence-electron chi connectivity index (χ3n) is 4.24. The van der Waals surface area contributed by atoms with E-state index in [2.05, 4.69) is 30.4 Å². The van der Waals surface area contributed by atoms with E-state index < -0.39 is 0 Å². The first kappa shape index (κ1) is 18.0. The molecule has 0 bridgehead atoms. The van der Waals surface area contributed by atoms with Gasteiger partial charge in [0.2, 0.25) is 0 Å². The molecule has 0 spiro atoms. The van der Waals surface area contributed by atoms with Crippen LogP contribution in [-0.2, 0) is 0 Å². The third-order valence-corrected chi connectivity index (χ3v) is 4.65. The molecule has 0 aliphatic carbocycles. The molecule has 4 heteroatoms. The number of hydrogen-bond acceptors (Lipinski definition) is 3. The summed E-state index contributed by atoms with van der Waals surface area (Å²) in [5, 5.41) is 4.97. The molecule has 0 fully saturated rings. The lowest BCUT2D eigenvalue weighted by Crippen LogP contribution is -1.92. The summed E-state index contributed by atoms with van der Waals surface area (Å²) in [7, 11) is 0. The third kappa shape index (κ3) is 4.44. The van der Waals surface area contributed by atoms with Gasteiger partial charge in [0.15, 0.2) is 0 Å². The van der Waals surface area contributed by atoms with Crippen molar-refractivity contribution >= 4 is 23.5 Å². The maximum atomic E-state index is 6.11. The number of hydrazone groups is 1. The van der Waals surface area contributed by atoms with Crippen molar-refractivity contribution in [1.82, 2.24) is 0 Å². The number of benzene rings is 3. The largest absolute Gasteiger partial charge is 0.457 e. The van der Waals surface area contributed by atoms with Crippen molar-refractivity contribution in [2.24, 2.45) is 5.10 Å². The Bertz CT molecular complexity index is 933. The highest BCUT2D eigenvalue weighted by molar-refractivity contribution is 6.31. The fraction of sp³-hybridized carbons (Fsp3) is 0.136. The summed E-state index contributed by atoms with van der Waals surface area (Å²) < 4.78 is 5.97. The average Bonchev–Trinajstić information content (AvgIpc) is 2.63. The van der Waals surface area contributed by atoms with Crippen LogP contribution in [0, 0.1) is 20.8 Å². The van der Waals surface area contributed by atoms with Crippen LogP contribution < -0.4 is 10.2 Å². The van der Waals surface area contributed by atoms with Crippen LogP contribution in [0.4, 0.5) is 5.69 Å². The molecule has 0 unspecified atom stereocenters. The standard InChI is InChI=1S/C22H21ClN2O/c1-15-5-4-6-22(17(15)3)26-20-11-8-18(9-12-20)14-24-25-19-10-7-16(2)21(23)13-19/h4-14,25H,1-3H3. The van der Waals surface area contributed by atoms with Gasteiger partial charge in [-0.15, -0.1) is 0 Å². The molecule has 3 aromatic rings. The first-order valence-electron chi connectivity index (χ1n) is 8.42. The minimum absolute atomic E-state index is 0.721. The molecule has 0 saturated carbocycles. The molecular formula is C22H21ClN2O. The van der Waals surface area contributed by atoms with Gasteiger partial charge in [-0.05, 0) is 85.5 Å². The van der Waals surface area contributed by atoms with E-state index in [0.29, 0.717) is 0 Å². The number of ether oxygens (including phenoxy) is 1. The average molecular weight is 365 g/mol. The Balaban J connectivity index is 1.63. The van der Waals surface area contributed by atoms with Gasteiger partial charge in [-0.2, -0.15) is 5.10 Å². The van der Waals surface area contributed by atoms with Crippen LogP contribution in [0.5, 0.6) is 11.5 Å². The van der Waals surface area contributed by atoms with Crippen molar-refractivity contribution in [1.29, 1.82) is 0 Å². The highest BCUT2D eigenvalue weighted by atomic mass is 35.5. The predicted octanol–water partition coefficient (Wildman–Crippen LogP) is 6.50. The van der Waals surface area contributed by atoms with Crippen LogP contribution >= 0.6 is 11.6 Å². The summed E-state index contributed by atoms with van der Waals surface area (Å²) in [5.74, 6) is 1.68. The smallest absolute Gasteiger partial charge is 0.130 e. The SMILES string of the molecule is Cc1ccc(NN=Cc2ccc(Oc3cccc(C)c3C)cc2)cc1Cl. The second-order valence-corrected chi connectivity index (χ2v) is 6.61. The van der Waals surface area contributed by atoms with Crippen molar-refractivity contribution in [3.63, 3.8) is 0 Å². The zero-order valence-corrected chi connectivity index (χ0v) is 15.8. The van der Waals surface area contributed by atoms with E-state index in [-0.39, 0.29) is 0 Å². The number of rotatable bonds is 5. The second kappa shape index (κ2) is 8.07. The Kier molecular flexibility index (Phi) is 5.59. The molecule has 0 aliphatic heterocycles. The van der Waals surface area contributed by atoms with Crippen LogP contribution in [0.3, 0.4) is 0 Å². The van der Waals surface area contributed by atoms with E-state index in [0.717, 1.165) is 38.9 Å². The summed E-state index contributed by atoms with van der Waals surface area (Å²) in [4.78, 5) is 0. The molecule has 26 heavy (non-hydrogen) atoms. The fourth-order valence-electron chi connectivity index (χ4n) is 2.43. The normalized spacial score (nSPS) is 10.9. The van der Waals surface area contributed by atoms with E-state index in [1.54, 1.807) is 6.21 Å². The summed E-state index contributed by atoms with van der Waals surface area (Å²) in [6, 6.07) is 19.6. The zero-order valence-electron chi connectivity index (χ0n) is 15.1. The molecule has 1 N–H and O–H groups in total. The summed E-state index contributed by atoms with van der Waals surface area (Å²) in [5.41, 5.74) is 8.22. The Morgan fingerprint density at radius 1 is 0.923 bits per heavy atom. The van der Waals surface area contributed by atoms with Gasteiger partial charge < -0.3 is 4.74 Å². The lowest BCUT2D eigenvalue weighted by molar-refractivity contribution is 0.478. The summed E-state index contributed by atoms with van der Waals surface area (Å²) in [6.45, 7) is 6.11. The van der Waals surface area contributed by atoms with E-state index in [1.165, 1.54) is 5.56 Å². The molecule has 3 aromatic carbocycles. The van der Waals surface area contributed by atoms with Gasteiger partial charge in [-0.3, -0.25) is 5.43 Å². The van der Waals surface area contributed by atoms with Crippen molar-refractivity contribution in [3.05, 3.63) is 87.9 Å². The Hall–Kier alpha value is -2.78. The summed E-state index contributed by atoms with van der Waals surface area (Å²) in [6.07, 6.45) is 1.76. The molecule has 0 heterocycles. The number of anilines is 1. The lowest BCUT2D eigenvalue weighted by atomic mass is 10.1. The maximum absolute atomic E-state index is 6.11. The molecule has 0 aromatic heterocycles. The number of halogens is 1. The molecular weight excluding hydrogens is 344 g/mol.